The van der Waals surface area contributed by atoms with Crippen molar-refractivity contribution in [2.24, 2.45) is 0 Å². The maximum Gasteiger partial charge on any atom is 0.287 e. The van der Waals surface area contributed by atoms with Crippen molar-refractivity contribution < 1.29 is 18.5 Å². The largest absolute Gasteiger partial charge is 0.455 e. The summed E-state index contributed by atoms with van der Waals surface area (Å²) in [6.45, 7) is 0. The molecule has 0 aliphatic rings. The van der Waals surface area contributed by atoms with Gasteiger partial charge < -0.3 is 9.73 Å². The van der Waals surface area contributed by atoms with Crippen molar-refractivity contribution in [1.82, 2.24) is 5.32 Å². The van der Waals surface area contributed by atoms with Gasteiger partial charge in [-0.15, -0.1) is 0 Å². The van der Waals surface area contributed by atoms with Crippen LogP contribution in [-0.4, -0.2) is 17.9 Å². The number of amides is 1. The molecule has 0 saturated heterocycles. The van der Waals surface area contributed by atoms with Gasteiger partial charge in [0.25, 0.3) is 11.6 Å². The maximum absolute atomic E-state index is 13.1. The predicted octanol–water partition coefficient (Wildman–Crippen LogP) is 4.27. The summed E-state index contributed by atoms with van der Waals surface area (Å²) in [6, 6.07) is 8.16. The van der Waals surface area contributed by atoms with Crippen molar-refractivity contribution in [2.45, 2.75) is 0 Å². The fourth-order valence-corrected chi connectivity index (χ4v) is 2.89. The number of nitro benzene ring substituents is 1. The van der Waals surface area contributed by atoms with Crippen molar-refractivity contribution in [3.63, 3.8) is 0 Å². The zero-order valence-corrected chi connectivity index (χ0v) is 13.9. The second-order valence-corrected chi connectivity index (χ2v) is 5.80. The molecule has 0 fully saturated rings. The third kappa shape index (κ3) is 2.65. The lowest BCUT2D eigenvalue weighted by molar-refractivity contribution is -0.385. The summed E-state index contributed by atoms with van der Waals surface area (Å²) in [5.74, 6) is -0.611. The molecule has 6 nitrogen and oxygen atoms in total. The highest BCUT2D eigenvalue weighted by Gasteiger charge is 2.25. The number of carbonyl (C=O) groups excluding carboxylic acids is 1. The number of halogens is 2. The van der Waals surface area contributed by atoms with E-state index in [1.807, 2.05) is 0 Å². The standard InChI is InChI=1S/C16H10BrFN2O4/c1-19-16(21)14-10-6-11(17)12(20(22)23)7-13(10)24-15(14)8-2-4-9(18)5-3-8/h2-7H,1H3,(H,19,21). The van der Waals surface area contributed by atoms with Crippen LogP contribution in [0.25, 0.3) is 22.3 Å². The molecular weight excluding hydrogens is 383 g/mol. The van der Waals surface area contributed by atoms with Gasteiger partial charge in [0.15, 0.2) is 0 Å². The molecule has 1 aromatic heterocycles. The van der Waals surface area contributed by atoms with E-state index in [0.29, 0.717) is 10.9 Å². The third-order valence-corrected chi connectivity index (χ3v) is 4.15. The molecule has 0 aliphatic carbocycles. The van der Waals surface area contributed by atoms with Crippen molar-refractivity contribution in [1.29, 1.82) is 0 Å². The van der Waals surface area contributed by atoms with Crippen molar-refractivity contribution in [3.8, 4) is 11.3 Å². The van der Waals surface area contributed by atoms with Gasteiger partial charge in [-0.3, -0.25) is 14.9 Å². The van der Waals surface area contributed by atoms with Crippen LogP contribution in [-0.2, 0) is 0 Å². The van der Waals surface area contributed by atoms with Gasteiger partial charge in [0.05, 0.1) is 21.0 Å². The fraction of sp³-hybridized carbons (Fsp3) is 0.0625. The van der Waals surface area contributed by atoms with Crippen molar-refractivity contribution in [2.75, 3.05) is 7.05 Å². The number of benzene rings is 2. The second-order valence-electron chi connectivity index (χ2n) is 4.95. The summed E-state index contributed by atoms with van der Waals surface area (Å²) in [5, 5.41) is 14.0. The Kier molecular flexibility index (Phi) is 4.06. The summed E-state index contributed by atoms with van der Waals surface area (Å²) in [7, 11) is 1.47. The highest BCUT2D eigenvalue weighted by Crippen LogP contribution is 2.38. The van der Waals surface area contributed by atoms with Gasteiger partial charge in [-0.1, -0.05) is 0 Å². The minimum atomic E-state index is -0.552. The maximum atomic E-state index is 13.1. The molecule has 0 spiro atoms. The SMILES string of the molecule is CNC(=O)c1c(-c2ccc(F)cc2)oc2cc([N+](=O)[O-])c(Br)cc12. The molecule has 1 amide bonds. The van der Waals surface area contributed by atoms with Gasteiger partial charge in [0, 0.05) is 18.0 Å². The Balaban J connectivity index is 2.33. The van der Waals surface area contributed by atoms with E-state index in [-0.39, 0.29) is 27.1 Å². The molecule has 8 heteroatoms. The van der Waals surface area contributed by atoms with E-state index in [1.165, 1.54) is 43.4 Å². The van der Waals surface area contributed by atoms with Crippen LogP contribution in [0.5, 0.6) is 0 Å². The van der Waals surface area contributed by atoms with E-state index in [2.05, 4.69) is 21.2 Å². The van der Waals surface area contributed by atoms with E-state index in [9.17, 15) is 19.3 Å². The van der Waals surface area contributed by atoms with Gasteiger partial charge in [0.1, 0.15) is 17.2 Å². The molecule has 0 bridgehead atoms. The van der Waals surface area contributed by atoms with Crippen LogP contribution in [0.15, 0.2) is 45.3 Å². The molecule has 1 N–H and O–H groups in total. The summed E-state index contributed by atoms with van der Waals surface area (Å²) in [5.41, 5.74) is 0.743. The minimum absolute atomic E-state index is 0.176. The molecule has 0 atom stereocenters. The average molecular weight is 393 g/mol. The Hall–Kier alpha value is -2.74. The van der Waals surface area contributed by atoms with E-state index in [4.69, 9.17) is 4.42 Å². The lowest BCUT2D eigenvalue weighted by Crippen LogP contribution is -2.18. The molecule has 0 saturated carbocycles. The fourth-order valence-electron chi connectivity index (χ4n) is 2.40. The Bertz CT molecular complexity index is 966. The number of furan rings is 1. The lowest BCUT2D eigenvalue weighted by atomic mass is 10.0. The molecule has 3 rings (SSSR count). The number of nitrogens with one attached hydrogen (secondary N) is 1. The molecule has 0 radical (unpaired) electrons. The highest BCUT2D eigenvalue weighted by molar-refractivity contribution is 9.10. The Morgan fingerprint density at radius 1 is 1.29 bits per heavy atom. The molecule has 122 valence electrons. The van der Waals surface area contributed by atoms with Crippen LogP contribution in [0.2, 0.25) is 0 Å². The number of nitrogens with zero attached hydrogens (tertiary/aromatic N) is 1. The van der Waals surface area contributed by atoms with Gasteiger partial charge >= 0.3 is 0 Å². The first-order valence-corrected chi connectivity index (χ1v) is 7.60. The van der Waals surface area contributed by atoms with Crippen LogP contribution in [0, 0.1) is 15.9 Å². The second kappa shape index (κ2) is 6.04. The normalized spacial score (nSPS) is 10.8. The Morgan fingerprint density at radius 2 is 1.96 bits per heavy atom. The zero-order chi connectivity index (χ0) is 17.4. The van der Waals surface area contributed by atoms with E-state index in [0.717, 1.165) is 0 Å². The summed E-state index contributed by atoms with van der Waals surface area (Å²) in [4.78, 5) is 22.8. The van der Waals surface area contributed by atoms with E-state index < -0.39 is 16.6 Å². The van der Waals surface area contributed by atoms with Crippen molar-refractivity contribution >= 4 is 38.5 Å². The summed E-state index contributed by atoms with van der Waals surface area (Å²) >= 11 is 3.13. The van der Waals surface area contributed by atoms with Crippen LogP contribution >= 0.6 is 15.9 Å². The third-order valence-electron chi connectivity index (χ3n) is 3.51. The average Bonchev–Trinajstić information content (AvgIpc) is 2.92. The Labute approximate surface area is 143 Å². The van der Waals surface area contributed by atoms with E-state index >= 15 is 0 Å². The number of hydrogen-bond acceptors (Lipinski definition) is 4. The Morgan fingerprint density at radius 3 is 2.54 bits per heavy atom. The first-order valence-electron chi connectivity index (χ1n) is 6.81. The smallest absolute Gasteiger partial charge is 0.287 e. The monoisotopic (exact) mass is 392 g/mol. The predicted molar refractivity (Wildman–Crippen MR) is 89.4 cm³/mol. The van der Waals surface area contributed by atoms with Crippen LogP contribution in [0.4, 0.5) is 10.1 Å². The molecule has 0 aliphatic heterocycles. The minimum Gasteiger partial charge on any atom is -0.455 e. The topological polar surface area (TPSA) is 85.4 Å². The number of hydrogen-bond donors (Lipinski definition) is 1. The van der Waals surface area contributed by atoms with Crippen LogP contribution in [0.1, 0.15) is 10.4 Å². The lowest BCUT2D eigenvalue weighted by Gasteiger charge is -2.02. The number of fused-ring (bicyclic) bond motifs is 1. The van der Waals surface area contributed by atoms with E-state index in [1.54, 1.807) is 0 Å². The molecule has 24 heavy (non-hydrogen) atoms. The molecular formula is C16H10BrFN2O4. The summed E-state index contributed by atoms with van der Waals surface area (Å²) in [6.07, 6.45) is 0. The zero-order valence-electron chi connectivity index (χ0n) is 12.3. The quantitative estimate of drug-likeness (QED) is 0.532. The van der Waals surface area contributed by atoms with Gasteiger partial charge in [-0.25, -0.2) is 4.39 Å². The van der Waals surface area contributed by atoms with Gasteiger partial charge in [0.2, 0.25) is 0 Å². The highest BCUT2D eigenvalue weighted by atomic mass is 79.9. The number of carbonyl (C=O) groups is 1. The molecule has 0 unspecified atom stereocenters. The first-order chi connectivity index (χ1) is 11.4. The molecule has 3 aromatic rings. The van der Waals surface area contributed by atoms with Crippen LogP contribution < -0.4 is 5.32 Å². The van der Waals surface area contributed by atoms with Gasteiger partial charge in [-0.05, 0) is 46.3 Å². The first kappa shape index (κ1) is 16.1. The number of nitro groups is 1. The van der Waals surface area contributed by atoms with Crippen molar-refractivity contribution in [3.05, 3.63) is 62.4 Å². The molecule has 1 heterocycles. The molecule has 2 aromatic carbocycles. The number of rotatable bonds is 3. The van der Waals surface area contributed by atoms with Crippen LogP contribution in [0.3, 0.4) is 0 Å². The van der Waals surface area contributed by atoms with Gasteiger partial charge in [-0.2, -0.15) is 0 Å². The summed E-state index contributed by atoms with van der Waals surface area (Å²) < 4.78 is 19.1.